The Bertz CT molecular complexity index is 1440. The first-order valence-electron chi connectivity index (χ1n) is 32.4. The number of carbonyl (C=O) groups excluding carboxylic acids is 2. The largest absolute Gasteiger partial charge is 0.454 e. The summed E-state index contributed by atoms with van der Waals surface area (Å²) < 4.78 is 17.6. The number of aliphatic hydroxyl groups excluding tert-OH is 5. The molecule has 0 saturated carbocycles. The van der Waals surface area contributed by atoms with Crippen LogP contribution in [0.1, 0.15) is 297 Å². The van der Waals surface area contributed by atoms with Gasteiger partial charge in [-0.25, -0.2) is 0 Å². The number of unbranched alkanes of at least 4 members (excludes halogenated alkanes) is 35. The third-order valence-electron chi connectivity index (χ3n) is 15.2. The summed E-state index contributed by atoms with van der Waals surface area (Å²) in [5, 5.41) is 57.0. The highest BCUT2D eigenvalue weighted by molar-refractivity contribution is 5.80. The van der Waals surface area contributed by atoms with E-state index in [1.54, 1.807) is 6.08 Å². The lowest BCUT2D eigenvalue weighted by Gasteiger charge is -2.41. The van der Waals surface area contributed by atoms with Crippen molar-refractivity contribution in [2.45, 2.75) is 346 Å². The molecule has 1 rings (SSSR count). The number of esters is 1. The van der Waals surface area contributed by atoms with Gasteiger partial charge in [-0.05, 0) is 64.2 Å². The second-order valence-corrected chi connectivity index (χ2v) is 22.5. The fourth-order valence-corrected chi connectivity index (χ4v) is 10.1. The van der Waals surface area contributed by atoms with E-state index in [2.05, 4.69) is 62.5 Å². The summed E-state index contributed by atoms with van der Waals surface area (Å²) in [6, 6.07) is -1.02. The molecule has 0 aromatic carbocycles. The Morgan fingerprint density at radius 3 is 1.36 bits per heavy atom. The van der Waals surface area contributed by atoms with Crippen molar-refractivity contribution in [2.75, 3.05) is 13.2 Å². The number of hydrogen-bond acceptors (Lipinski definition) is 10. The van der Waals surface area contributed by atoms with Crippen LogP contribution < -0.4 is 5.32 Å². The molecular weight excluding hydrogens is 967 g/mol. The molecule has 0 aromatic heterocycles. The molecular formula is C66H121NO10. The molecule has 11 heteroatoms. The number of ether oxygens (including phenoxy) is 3. The van der Waals surface area contributed by atoms with Crippen molar-refractivity contribution in [2.24, 2.45) is 0 Å². The lowest BCUT2D eigenvalue weighted by molar-refractivity contribution is -0.305. The highest BCUT2D eigenvalue weighted by atomic mass is 16.7. The lowest BCUT2D eigenvalue weighted by atomic mass is 9.99. The summed E-state index contributed by atoms with van der Waals surface area (Å²) in [6.07, 6.45) is 55.7. The van der Waals surface area contributed by atoms with E-state index in [0.29, 0.717) is 19.3 Å². The monoisotopic (exact) mass is 1090 g/mol. The summed E-state index contributed by atoms with van der Waals surface area (Å²) in [4.78, 5) is 26.6. The summed E-state index contributed by atoms with van der Waals surface area (Å²) >= 11 is 0. The molecule has 0 radical (unpaired) electrons. The van der Waals surface area contributed by atoms with Crippen LogP contribution in [0.25, 0.3) is 0 Å². The predicted octanol–water partition coefficient (Wildman–Crippen LogP) is 15.6. The smallest absolute Gasteiger partial charge is 0.306 e. The first kappa shape index (κ1) is 72.6. The van der Waals surface area contributed by atoms with Crippen LogP contribution in [-0.2, 0) is 23.8 Å². The molecule has 1 heterocycles. The summed E-state index contributed by atoms with van der Waals surface area (Å²) in [6.45, 7) is 5.78. The molecule has 8 unspecified atom stereocenters. The molecule has 1 amide bonds. The molecule has 1 aliphatic rings. The molecule has 0 aliphatic carbocycles. The van der Waals surface area contributed by atoms with Gasteiger partial charge in [-0.2, -0.15) is 0 Å². The second-order valence-electron chi connectivity index (χ2n) is 22.5. The fraction of sp³-hybridized carbons (Fsp3) is 0.848. The molecule has 11 nitrogen and oxygen atoms in total. The number of aliphatic hydroxyl groups is 5. The second kappa shape index (κ2) is 54.2. The van der Waals surface area contributed by atoms with E-state index in [-0.39, 0.29) is 13.0 Å². The molecule has 450 valence electrons. The number of rotatable bonds is 55. The number of amides is 1. The Morgan fingerprint density at radius 1 is 0.506 bits per heavy atom. The average molecular weight is 1090 g/mol. The maximum Gasteiger partial charge on any atom is 0.306 e. The van der Waals surface area contributed by atoms with Crippen molar-refractivity contribution < 1.29 is 49.3 Å². The van der Waals surface area contributed by atoms with Crippen molar-refractivity contribution in [1.82, 2.24) is 5.32 Å². The van der Waals surface area contributed by atoms with Gasteiger partial charge in [-0.3, -0.25) is 9.59 Å². The normalized spacial score (nSPS) is 19.3. The Labute approximate surface area is 472 Å². The zero-order valence-corrected chi connectivity index (χ0v) is 49.8. The van der Waals surface area contributed by atoms with E-state index in [9.17, 15) is 35.1 Å². The molecule has 1 fully saturated rings. The lowest BCUT2D eigenvalue weighted by Crippen LogP contribution is -2.61. The van der Waals surface area contributed by atoms with Gasteiger partial charge < -0.3 is 45.1 Å². The SMILES string of the molecule is CCCCC/C=C\C/C=C\C/C=C\CCCCCCCCCCC(=O)OC1C(OCC(NC(=O)C(O)CCCCCCCCCCCCCCCCCC)C(O)/C=C/CCCCCCCCCCC)OC(CO)C(O)C1O. The quantitative estimate of drug-likeness (QED) is 0.0195. The molecule has 0 spiro atoms. The minimum atomic E-state index is -1.62. The van der Waals surface area contributed by atoms with Crippen LogP contribution in [0.4, 0.5) is 0 Å². The van der Waals surface area contributed by atoms with Crippen LogP contribution in [0.5, 0.6) is 0 Å². The van der Waals surface area contributed by atoms with E-state index >= 15 is 0 Å². The van der Waals surface area contributed by atoms with E-state index in [1.165, 1.54) is 167 Å². The minimum Gasteiger partial charge on any atom is -0.454 e. The molecule has 0 bridgehead atoms. The maximum atomic E-state index is 13.4. The van der Waals surface area contributed by atoms with Crippen LogP contribution >= 0.6 is 0 Å². The van der Waals surface area contributed by atoms with Gasteiger partial charge in [0.1, 0.15) is 24.4 Å². The fourth-order valence-electron chi connectivity index (χ4n) is 10.1. The van der Waals surface area contributed by atoms with Gasteiger partial charge in [0, 0.05) is 6.42 Å². The Hall–Kier alpha value is -2.38. The number of carbonyl (C=O) groups is 2. The first-order valence-corrected chi connectivity index (χ1v) is 32.4. The van der Waals surface area contributed by atoms with Gasteiger partial charge in [-0.1, -0.05) is 275 Å². The summed E-state index contributed by atoms with van der Waals surface area (Å²) in [7, 11) is 0. The molecule has 0 aromatic rings. The van der Waals surface area contributed by atoms with Crippen LogP contribution in [0.2, 0.25) is 0 Å². The van der Waals surface area contributed by atoms with Gasteiger partial charge in [0.15, 0.2) is 12.4 Å². The van der Waals surface area contributed by atoms with Crippen molar-refractivity contribution >= 4 is 11.9 Å². The van der Waals surface area contributed by atoms with E-state index in [0.717, 1.165) is 83.5 Å². The number of hydrogen-bond donors (Lipinski definition) is 6. The molecule has 1 aliphatic heterocycles. The summed E-state index contributed by atoms with van der Waals surface area (Å²) in [5.41, 5.74) is 0. The van der Waals surface area contributed by atoms with E-state index in [4.69, 9.17) is 14.2 Å². The molecule has 6 N–H and O–H groups in total. The molecule has 8 atom stereocenters. The Kier molecular flexibility index (Phi) is 51.1. The van der Waals surface area contributed by atoms with E-state index in [1.807, 2.05) is 6.08 Å². The van der Waals surface area contributed by atoms with Gasteiger partial charge in [-0.15, -0.1) is 0 Å². The average Bonchev–Trinajstić information content (AvgIpc) is 3.43. The zero-order valence-electron chi connectivity index (χ0n) is 49.8. The third kappa shape index (κ3) is 42.2. The third-order valence-corrected chi connectivity index (χ3v) is 15.2. The Morgan fingerprint density at radius 2 is 0.896 bits per heavy atom. The standard InChI is InChI=1S/C66H121NO10/c1-4-7-10-13-16-19-22-24-26-28-29-30-31-32-34-36-39-42-45-48-51-54-61(71)77-64-63(73)62(72)60(55-68)76-66(64)75-56-57(58(69)52-49-46-43-40-37-21-18-15-12-9-6-3)67-65(74)59(70)53-50-47-44-41-38-35-33-27-25-23-20-17-14-11-8-5-2/h16,19,24,26,29-30,49,52,57-60,62-64,66,68-70,72-73H,4-15,17-18,20-23,25,27-28,31-48,50-51,53-56H2,1-3H3,(H,67,74)/b19-16-,26-24-,30-29-,52-49+. The van der Waals surface area contributed by atoms with Crippen molar-refractivity contribution in [3.05, 3.63) is 48.6 Å². The van der Waals surface area contributed by atoms with Gasteiger partial charge in [0.25, 0.3) is 0 Å². The van der Waals surface area contributed by atoms with Gasteiger partial charge in [0.2, 0.25) is 5.91 Å². The van der Waals surface area contributed by atoms with Crippen LogP contribution in [-0.4, -0.2) is 99.6 Å². The highest BCUT2D eigenvalue weighted by Gasteiger charge is 2.47. The molecule has 77 heavy (non-hydrogen) atoms. The van der Waals surface area contributed by atoms with Gasteiger partial charge >= 0.3 is 5.97 Å². The van der Waals surface area contributed by atoms with Crippen molar-refractivity contribution in [3.8, 4) is 0 Å². The zero-order chi connectivity index (χ0) is 56.1. The van der Waals surface area contributed by atoms with Crippen molar-refractivity contribution in [3.63, 3.8) is 0 Å². The minimum absolute atomic E-state index is 0.116. The highest BCUT2D eigenvalue weighted by Crippen LogP contribution is 2.26. The van der Waals surface area contributed by atoms with Crippen LogP contribution in [0, 0.1) is 0 Å². The number of nitrogens with one attached hydrogen (secondary N) is 1. The Balaban J connectivity index is 2.63. The van der Waals surface area contributed by atoms with Crippen molar-refractivity contribution in [1.29, 1.82) is 0 Å². The van der Waals surface area contributed by atoms with E-state index < -0.39 is 67.4 Å². The topological polar surface area (TPSA) is 175 Å². The predicted molar refractivity (Wildman–Crippen MR) is 320 cm³/mol. The summed E-state index contributed by atoms with van der Waals surface area (Å²) in [5.74, 6) is -1.19. The first-order chi connectivity index (χ1) is 37.7. The number of allylic oxidation sites excluding steroid dienone is 7. The van der Waals surface area contributed by atoms with Gasteiger partial charge in [0.05, 0.1) is 25.4 Å². The van der Waals surface area contributed by atoms with Crippen LogP contribution in [0.15, 0.2) is 48.6 Å². The maximum absolute atomic E-state index is 13.4. The molecule has 1 saturated heterocycles. The van der Waals surface area contributed by atoms with Crippen LogP contribution in [0.3, 0.4) is 0 Å².